The number of H-pyrrole nitrogens is 1. The zero-order valence-electron chi connectivity index (χ0n) is 19.1. The number of hydrogen-bond donors (Lipinski definition) is 3. The van der Waals surface area contributed by atoms with Crippen LogP contribution in [0.4, 0.5) is 10.6 Å². The van der Waals surface area contributed by atoms with Gasteiger partial charge in [-0.15, -0.1) is 0 Å². The second kappa shape index (κ2) is 9.06. The Morgan fingerprint density at radius 2 is 1.74 bits per heavy atom. The van der Waals surface area contributed by atoms with Crippen molar-refractivity contribution in [3.05, 3.63) is 90.1 Å². The number of ether oxygens (including phenoxy) is 1. The van der Waals surface area contributed by atoms with E-state index >= 15 is 0 Å². The number of rotatable bonds is 7. The number of amides is 1. The van der Waals surface area contributed by atoms with Gasteiger partial charge < -0.3 is 9.84 Å². The van der Waals surface area contributed by atoms with Crippen LogP contribution in [0.25, 0.3) is 22.5 Å². The maximum atomic E-state index is 12.2. The van der Waals surface area contributed by atoms with Crippen LogP contribution in [-0.4, -0.2) is 32.4 Å². The van der Waals surface area contributed by atoms with Crippen molar-refractivity contribution in [2.75, 3.05) is 5.32 Å². The first-order chi connectivity index (χ1) is 16.9. The lowest BCUT2D eigenvalue weighted by Crippen LogP contribution is -2.19. The van der Waals surface area contributed by atoms with E-state index in [1.165, 1.54) is 0 Å². The van der Waals surface area contributed by atoms with E-state index in [0.29, 0.717) is 24.4 Å². The van der Waals surface area contributed by atoms with E-state index < -0.39 is 17.5 Å². The lowest BCUT2D eigenvalue weighted by Gasteiger charge is -2.13. The fourth-order valence-corrected chi connectivity index (χ4v) is 4.06. The Labute approximate surface area is 202 Å². The van der Waals surface area contributed by atoms with E-state index in [-0.39, 0.29) is 6.10 Å². The molecule has 0 spiro atoms. The highest BCUT2D eigenvalue weighted by molar-refractivity contribution is 5.85. The molecular weight excluding hydrogens is 444 g/mol. The van der Waals surface area contributed by atoms with Crippen LogP contribution in [0.2, 0.25) is 0 Å². The Kier molecular flexibility index (Phi) is 5.78. The standard InChI is InChI=1S/C27H24N4O4/c1-17(18-5-3-2-4-6-18)35-26(34)29-24-15-23(30-31-24)20-9-12-22(28-16-20)19-7-10-21(11-8-19)27(13-14-27)25(32)33/h2-12,15-17H,13-14H2,1H3,(H,32,33)(H2,29,30,31,34)/t17-/m1/s1. The SMILES string of the molecule is C[C@@H](OC(=O)Nc1cc(-c2ccc(-c3ccc(C4(C(=O)O)CC4)cc3)nc2)[nH]n1)c1ccccc1. The van der Waals surface area contributed by atoms with E-state index in [4.69, 9.17) is 4.74 Å². The van der Waals surface area contributed by atoms with Gasteiger partial charge in [-0.25, -0.2) is 4.79 Å². The van der Waals surface area contributed by atoms with Crippen molar-refractivity contribution in [1.82, 2.24) is 15.2 Å². The molecule has 2 aromatic heterocycles. The molecule has 0 aliphatic heterocycles. The van der Waals surface area contributed by atoms with Gasteiger partial charge in [-0.1, -0.05) is 54.6 Å². The normalized spacial score (nSPS) is 14.7. The maximum Gasteiger partial charge on any atom is 0.413 e. The molecule has 1 fully saturated rings. The fourth-order valence-electron chi connectivity index (χ4n) is 4.06. The molecule has 3 N–H and O–H groups in total. The van der Waals surface area contributed by atoms with Crippen LogP contribution in [0.1, 0.15) is 37.0 Å². The van der Waals surface area contributed by atoms with Crippen molar-refractivity contribution in [3.8, 4) is 22.5 Å². The number of carboxylic acids is 1. The minimum absolute atomic E-state index is 0.345. The predicted molar refractivity (Wildman–Crippen MR) is 131 cm³/mol. The third-order valence-corrected chi connectivity index (χ3v) is 6.33. The number of aromatic nitrogens is 3. The van der Waals surface area contributed by atoms with Crippen LogP contribution in [0.15, 0.2) is 79.0 Å². The second-order valence-corrected chi connectivity index (χ2v) is 8.65. The van der Waals surface area contributed by atoms with Gasteiger partial charge in [-0.05, 0) is 43.0 Å². The molecule has 0 radical (unpaired) electrons. The number of carbonyl (C=O) groups excluding carboxylic acids is 1. The minimum atomic E-state index is -0.764. The Hall–Kier alpha value is -4.46. The van der Waals surface area contributed by atoms with E-state index in [1.54, 1.807) is 12.3 Å². The molecule has 1 aliphatic rings. The highest BCUT2D eigenvalue weighted by atomic mass is 16.6. The number of carboxylic acid groups (broad SMARTS) is 1. The number of nitrogens with zero attached hydrogens (tertiary/aromatic N) is 2. The topological polar surface area (TPSA) is 117 Å². The summed E-state index contributed by atoms with van der Waals surface area (Å²) in [6.07, 6.45) is 2.10. The van der Waals surface area contributed by atoms with Gasteiger partial charge in [0, 0.05) is 23.4 Å². The monoisotopic (exact) mass is 468 g/mol. The molecule has 2 heterocycles. The molecule has 1 amide bonds. The summed E-state index contributed by atoms with van der Waals surface area (Å²) in [5.41, 5.74) is 4.21. The summed E-state index contributed by atoms with van der Waals surface area (Å²) < 4.78 is 5.42. The Morgan fingerprint density at radius 3 is 2.37 bits per heavy atom. The van der Waals surface area contributed by atoms with E-state index in [9.17, 15) is 14.7 Å². The largest absolute Gasteiger partial charge is 0.481 e. The van der Waals surface area contributed by atoms with Crippen molar-refractivity contribution in [2.24, 2.45) is 0 Å². The third-order valence-electron chi connectivity index (χ3n) is 6.33. The summed E-state index contributed by atoms with van der Waals surface area (Å²) >= 11 is 0. The molecule has 1 saturated carbocycles. The van der Waals surface area contributed by atoms with Crippen LogP contribution in [0.3, 0.4) is 0 Å². The number of carbonyl (C=O) groups is 2. The lowest BCUT2D eigenvalue weighted by molar-refractivity contribution is -0.140. The number of nitrogens with one attached hydrogen (secondary N) is 2. The van der Waals surface area contributed by atoms with Gasteiger partial charge in [-0.3, -0.25) is 20.2 Å². The quantitative estimate of drug-likeness (QED) is 0.327. The molecule has 4 aromatic rings. The molecule has 176 valence electrons. The number of aromatic amines is 1. The van der Waals surface area contributed by atoms with E-state index in [2.05, 4.69) is 20.5 Å². The molecule has 35 heavy (non-hydrogen) atoms. The average Bonchev–Trinajstić information content (AvgIpc) is 3.58. The second-order valence-electron chi connectivity index (χ2n) is 8.65. The Morgan fingerprint density at radius 1 is 1.03 bits per heavy atom. The van der Waals surface area contributed by atoms with Gasteiger partial charge in [-0.2, -0.15) is 5.10 Å². The highest BCUT2D eigenvalue weighted by Crippen LogP contribution is 2.48. The zero-order chi connectivity index (χ0) is 24.4. The van der Waals surface area contributed by atoms with Gasteiger partial charge in [0.25, 0.3) is 0 Å². The summed E-state index contributed by atoms with van der Waals surface area (Å²) in [4.78, 5) is 28.3. The highest BCUT2D eigenvalue weighted by Gasteiger charge is 2.51. The number of benzene rings is 2. The van der Waals surface area contributed by atoms with Gasteiger partial charge >= 0.3 is 12.1 Å². The first-order valence-corrected chi connectivity index (χ1v) is 11.3. The van der Waals surface area contributed by atoms with Gasteiger partial charge in [0.1, 0.15) is 6.10 Å². The Balaban J connectivity index is 1.22. The number of aliphatic carboxylic acids is 1. The molecule has 0 bridgehead atoms. The van der Waals surface area contributed by atoms with Crippen LogP contribution in [0.5, 0.6) is 0 Å². The third kappa shape index (κ3) is 4.63. The van der Waals surface area contributed by atoms with Gasteiger partial charge in [0.05, 0.1) is 16.8 Å². The molecule has 8 nitrogen and oxygen atoms in total. The van der Waals surface area contributed by atoms with Crippen molar-refractivity contribution < 1.29 is 19.4 Å². The summed E-state index contributed by atoms with van der Waals surface area (Å²) in [7, 11) is 0. The smallest absolute Gasteiger partial charge is 0.413 e. The van der Waals surface area contributed by atoms with Crippen LogP contribution < -0.4 is 5.32 Å². The van der Waals surface area contributed by atoms with Crippen molar-refractivity contribution in [3.63, 3.8) is 0 Å². The van der Waals surface area contributed by atoms with E-state index in [1.807, 2.05) is 73.7 Å². The molecule has 0 unspecified atom stereocenters. The number of anilines is 1. The Bertz CT molecular complexity index is 1340. The van der Waals surface area contributed by atoms with Crippen molar-refractivity contribution in [1.29, 1.82) is 0 Å². The predicted octanol–water partition coefficient (Wildman–Crippen LogP) is 5.56. The number of pyridine rings is 1. The minimum Gasteiger partial charge on any atom is -0.481 e. The summed E-state index contributed by atoms with van der Waals surface area (Å²) in [5, 5.41) is 19.1. The molecular formula is C27H24N4O4. The summed E-state index contributed by atoms with van der Waals surface area (Å²) in [6, 6.07) is 22.5. The molecule has 0 saturated heterocycles. The molecule has 5 rings (SSSR count). The fraction of sp³-hybridized carbons (Fsp3) is 0.185. The first-order valence-electron chi connectivity index (χ1n) is 11.3. The summed E-state index contributed by atoms with van der Waals surface area (Å²) in [6.45, 7) is 1.81. The van der Waals surface area contributed by atoms with E-state index in [0.717, 1.165) is 27.9 Å². The van der Waals surface area contributed by atoms with Crippen molar-refractivity contribution >= 4 is 17.9 Å². The van der Waals surface area contributed by atoms with Crippen LogP contribution in [0, 0.1) is 0 Å². The molecule has 1 aliphatic carbocycles. The van der Waals surface area contributed by atoms with Crippen LogP contribution in [-0.2, 0) is 14.9 Å². The number of hydrogen-bond acceptors (Lipinski definition) is 5. The van der Waals surface area contributed by atoms with Crippen molar-refractivity contribution in [2.45, 2.75) is 31.3 Å². The van der Waals surface area contributed by atoms with Crippen LogP contribution >= 0.6 is 0 Å². The molecule has 1 atom stereocenters. The zero-order valence-corrected chi connectivity index (χ0v) is 19.1. The molecule has 8 heteroatoms. The maximum absolute atomic E-state index is 12.2. The first kappa shape index (κ1) is 22.3. The van der Waals surface area contributed by atoms with Gasteiger partial charge in [0.15, 0.2) is 5.82 Å². The summed E-state index contributed by atoms with van der Waals surface area (Å²) in [5.74, 6) is -0.419. The lowest BCUT2D eigenvalue weighted by atomic mass is 9.94. The molecule has 2 aromatic carbocycles. The van der Waals surface area contributed by atoms with Gasteiger partial charge in [0.2, 0.25) is 0 Å². The average molecular weight is 469 g/mol.